The molecule has 0 bridgehead atoms. The van der Waals surface area contributed by atoms with Gasteiger partial charge >= 0.3 is 0 Å². The Labute approximate surface area is 125 Å². The van der Waals surface area contributed by atoms with Gasteiger partial charge in [0.15, 0.2) is 11.5 Å². The number of carbonyl (C=O) groups excluding carboxylic acids is 1. The van der Waals surface area contributed by atoms with Gasteiger partial charge < -0.3 is 14.7 Å². The SMILES string of the molecule is C[C@H]1CNCCN1C(=O)c1cc(-c2ccc(Cl)s2)on1. The molecule has 0 aliphatic carbocycles. The second-order valence-electron chi connectivity index (χ2n) is 4.73. The maximum atomic E-state index is 12.4. The lowest BCUT2D eigenvalue weighted by Crippen LogP contribution is -2.52. The van der Waals surface area contributed by atoms with E-state index in [-0.39, 0.29) is 11.9 Å². The molecule has 3 heterocycles. The van der Waals surface area contributed by atoms with E-state index < -0.39 is 0 Å². The summed E-state index contributed by atoms with van der Waals surface area (Å²) in [7, 11) is 0. The van der Waals surface area contributed by atoms with Gasteiger partial charge in [-0.25, -0.2) is 0 Å². The molecule has 0 radical (unpaired) electrons. The number of aromatic nitrogens is 1. The Morgan fingerprint density at radius 2 is 2.45 bits per heavy atom. The maximum absolute atomic E-state index is 12.4. The first kappa shape index (κ1) is 13.6. The van der Waals surface area contributed by atoms with Crippen LogP contribution in [0.1, 0.15) is 17.4 Å². The average molecular weight is 312 g/mol. The first-order chi connectivity index (χ1) is 9.65. The van der Waals surface area contributed by atoms with Crippen LogP contribution in [-0.2, 0) is 0 Å². The molecule has 1 amide bonds. The Hall–Kier alpha value is -1.37. The Morgan fingerprint density at radius 3 is 3.15 bits per heavy atom. The molecule has 5 nitrogen and oxygen atoms in total. The fourth-order valence-corrected chi connectivity index (χ4v) is 3.22. The molecule has 106 valence electrons. The molecule has 0 unspecified atom stereocenters. The highest BCUT2D eigenvalue weighted by molar-refractivity contribution is 7.19. The van der Waals surface area contributed by atoms with E-state index in [4.69, 9.17) is 16.1 Å². The van der Waals surface area contributed by atoms with Gasteiger partial charge in [-0.3, -0.25) is 4.79 Å². The summed E-state index contributed by atoms with van der Waals surface area (Å²) in [5.74, 6) is 0.490. The van der Waals surface area contributed by atoms with Gasteiger partial charge in [0.05, 0.1) is 9.21 Å². The third-order valence-electron chi connectivity index (χ3n) is 3.31. The molecule has 7 heteroatoms. The Bertz CT molecular complexity index is 625. The molecule has 1 fully saturated rings. The number of hydrogen-bond donors (Lipinski definition) is 1. The van der Waals surface area contributed by atoms with Crippen LogP contribution in [0.3, 0.4) is 0 Å². The van der Waals surface area contributed by atoms with Gasteiger partial charge in [-0.15, -0.1) is 11.3 Å². The van der Waals surface area contributed by atoms with Crippen molar-refractivity contribution < 1.29 is 9.32 Å². The second-order valence-corrected chi connectivity index (χ2v) is 6.45. The Kier molecular flexibility index (Phi) is 3.78. The van der Waals surface area contributed by atoms with Crippen molar-refractivity contribution >= 4 is 28.8 Å². The van der Waals surface area contributed by atoms with E-state index in [9.17, 15) is 4.79 Å². The molecule has 1 aliphatic rings. The smallest absolute Gasteiger partial charge is 0.276 e. The molecular formula is C13H14ClN3O2S. The van der Waals surface area contributed by atoms with Gasteiger partial charge in [-0.2, -0.15) is 0 Å². The number of nitrogens with zero attached hydrogens (tertiary/aromatic N) is 2. The predicted molar refractivity (Wildman–Crippen MR) is 78.2 cm³/mol. The van der Waals surface area contributed by atoms with Crippen LogP contribution in [-0.4, -0.2) is 41.6 Å². The summed E-state index contributed by atoms with van der Waals surface area (Å²) >= 11 is 7.29. The number of piperazine rings is 1. The summed E-state index contributed by atoms with van der Waals surface area (Å²) in [6, 6.07) is 5.49. The van der Waals surface area contributed by atoms with E-state index >= 15 is 0 Å². The lowest BCUT2D eigenvalue weighted by molar-refractivity contribution is 0.0645. The van der Waals surface area contributed by atoms with Crippen LogP contribution in [0.4, 0.5) is 0 Å². The number of nitrogens with one attached hydrogen (secondary N) is 1. The third kappa shape index (κ3) is 2.59. The van der Waals surface area contributed by atoms with Crippen molar-refractivity contribution in [2.45, 2.75) is 13.0 Å². The van der Waals surface area contributed by atoms with Crippen LogP contribution >= 0.6 is 22.9 Å². The van der Waals surface area contributed by atoms with Gasteiger partial charge in [0, 0.05) is 31.7 Å². The topological polar surface area (TPSA) is 58.4 Å². The normalized spacial score (nSPS) is 19.3. The molecule has 2 aromatic rings. The molecule has 20 heavy (non-hydrogen) atoms. The molecule has 0 spiro atoms. The van der Waals surface area contributed by atoms with Crippen LogP contribution < -0.4 is 5.32 Å². The number of amides is 1. The summed E-state index contributed by atoms with van der Waals surface area (Å²) < 4.78 is 5.93. The lowest BCUT2D eigenvalue weighted by atomic mass is 10.2. The van der Waals surface area contributed by atoms with Crippen LogP contribution in [0.5, 0.6) is 0 Å². The summed E-state index contributed by atoms with van der Waals surface area (Å²) in [6.45, 7) is 4.31. The van der Waals surface area contributed by atoms with E-state index in [0.29, 0.717) is 22.3 Å². The third-order valence-corrected chi connectivity index (χ3v) is 4.55. The monoisotopic (exact) mass is 311 g/mol. The lowest BCUT2D eigenvalue weighted by Gasteiger charge is -2.33. The number of thiophene rings is 1. The highest BCUT2D eigenvalue weighted by atomic mass is 35.5. The quantitative estimate of drug-likeness (QED) is 0.925. The van der Waals surface area contributed by atoms with Crippen molar-refractivity contribution in [2.75, 3.05) is 19.6 Å². The fraction of sp³-hybridized carbons (Fsp3) is 0.385. The van der Waals surface area contributed by atoms with Crippen molar-refractivity contribution in [1.29, 1.82) is 0 Å². The number of rotatable bonds is 2. The standard InChI is InChI=1S/C13H14ClN3O2S/c1-8-7-15-4-5-17(8)13(18)9-6-10(19-16-9)11-2-3-12(14)20-11/h2-3,6,8,15H,4-5,7H2,1H3/t8-/m0/s1. The summed E-state index contributed by atoms with van der Waals surface area (Å²) in [6.07, 6.45) is 0. The zero-order chi connectivity index (χ0) is 14.1. The van der Waals surface area contributed by atoms with Gasteiger partial charge in [0.2, 0.25) is 0 Å². The minimum atomic E-state index is -0.0864. The Balaban J connectivity index is 1.81. The fourth-order valence-electron chi connectivity index (χ4n) is 2.23. The minimum Gasteiger partial charge on any atom is -0.355 e. The zero-order valence-electron chi connectivity index (χ0n) is 10.9. The summed E-state index contributed by atoms with van der Waals surface area (Å²) in [4.78, 5) is 15.1. The highest BCUT2D eigenvalue weighted by Crippen LogP contribution is 2.31. The van der Waals surface area contributed by atoms with E-state index in [1.807, 2.05) is 17.9 Å². The molecule has 3 rings (SSSR count). The van der Waals surface area contributed by atoms with Gasteiger partial charge in [0.1, 0.15) is 0 Å². The zero-order valence-corrected chi connectivity index (χ0v) is 12.5. The number of halogens is 1. The van der Waals surface area contributed by atoms with Crippen LogP contribution in [0, 0.1) is 0 Å². The first-order valence-electron chi connectivity index (χ1n) is 6.39. The van der Waals surface area contributed by atoms with E-state index in [1.165, 1.54) is 11.3 Å². The van der Waals surface area contributed by atoms with E-state index in [2.05, 4.69) is 10.5 Å². The van der Waals surface area contributed by atoms with E-state index in [1.54, 1.807) is 12.1 Å². The molecule has 0 saturated carbocycles. The van der Waals surface area contributed by atoms with Crippen LogP contribution in [0.2, 0.25) is 4.34 Å². The summed E-state index contributed by atoms with van der Waals surface area (Å²) in [5.41, 5.74) is 0.346. The largest absolute Gasteiger partial charge is 0.355 e. The number of hydrogen-bond acceptors (Lipinski definition) is 5. The number of carbonyl (C=O) groups is 1. The van der Waals surface area contributed by atoms with Gasteiger partial charge in [-0.05, 0) is 19.1 Å². The average Bonchev–Trinajstić information content (AvgIpc) is 3.07. The van der Waals surface area contributed by atoms with Crippen LogP contribution in [0.15, 0.2) is 22.7 Å². The first-order valence-corrected chi connectivity index (χ1v) is 7.58. The minimum absolute atomic E-state index is 0.0864. The molecular weight excluding hydrogens is 298 g/mol. The molecule has 0 aromatic carbocycles. The molecule has 1 N–H and O–H groups in total. The van der Waals surface area contributed by atoms with Crippen molar-refractivity contribution in [3.63, 3.8) is 0 Å². The van der Waals surface area contributed by atoms with Crippen molar-refractivity contribution in [2.24, 2.45) is 0 Å². The van der Waals surface area contributed by atoms with Crippen molar-refractivity contribution in [1.82, 2.24) is 15.4 Å². The summed E-state index contributed by atoms with van der Waals surface area (Å²) in [5, 5.41) is 7.14. The molecule has 1 atom stereocenters. The van der Waals surface area contributed by atoms with Gasteiger partial charge in [0.25, 0.3) is 5.91 Å². The van der Waals surface area contributed by atoms with Crippen molar-refractivity contribution in [3.8, 4) is 10.6 Å². The maximum Gasteiger partial charge on any atom is 0.276 e. The molecule has 1 aliphatic heterocycles. The molecule has 1 saturated heterocycles. The van der Waals surface area contributed by atoms with E-state index in [0.717, 1.165) is 18.0 Å². The second kappa shape index (κ2) is 5.55. The Morgan fingerprint density at radius 1 is 1.60 bits per heavy atom. The van der Waals surface area contributed by atoms with Crippen LogP contribution in [0.25, 0.3) is 10.6 Å². The van der Waals surface area contributed by atoms with Gasteiger partial charge in [-0.1, -0.05) is 16.8 Å². The molecule has 2 aromatic heterocycles. The predicted octanol–water partition coefficient (Wildman–Crippen LogP) is 2.49. The van der Waals surface area contributed by atoms with Crippen molar-refractivity contribution in [3.05, 3.63) is 28.2 Å². The highest BCUT2D eigenvalue weighted by Gasteiger charge is 2.26.